The maximum atomic E-state index is 11.8. The van der Waals surface area contributed by atoms with E-state index in [-0.39, 0.29) is 12.0 Å². The molecule has 0 saturated carbocycles. The molecule has 1 aliphatic rings. The third-order valence-electron chi connectivity index (χ3n) is 4.36. The number of amides is 1. The highest BCUT2D eigenvalue weighted by atomic mass is 35.5. The van der Waals surface area contributed by atoms with Gasteiger partial charge in [0, 0.05) is 55.7 Å². The molecule has 0 bridgehead atoms. The summed E-state index contributed by atoms with van der Waals surface area (Å²) in [5.74, 6) is 0.455. The number of halogens is 2. The molecule has 148 valence electrons. The van der Waals surface area contributed by atoms with E-state index < -0.39 is 0 Å². The third kappa shape index (κ3) is 5.53. The van der Waals surface area contributed by atoms with Gasteiger partial charge in [-0.1, -0.05) is 23.2 Å². The maximum absolute atomic E-state index is 11.8. The smallest absolute Gasteiger partial charge is 0.250 e. The van der Waals surface area contributed by atoms with E-state index in [2.05, 4.69) is 15.2 Å². The van der Waals surface area contributed by atoms with Gasteiger partial charge in [0.15, 0.2) is 0 Å². The molecule has 6 nitrogen and oxygen atoms in total. The number of aromatic nitrogens is 1. The number of benzene rings is 1. The Bertz CT molecular complexity index is 876. The lowest BCUT2D eigenvalue weighted by Gasteiger charge is -2.34. The average Bonchev–Trinajstić information content (AvgIpc) is 2.62. The van der Waals surface area contributed by atoms with E-state index in [1.807, 2.05) is 18.2 Å². The minimum atomic E-state index is -0.280. The Labute approximate surface area is 174 Å². The summed E-state index contributed by atoms with van der Waals surface area (Å²) in [6.07, 6.45) is 4.84. The Morgan fingerprint density at radius 2 is 2.04 bits per heavy atom. The second-order valence-electron chi connectivity index (χ2n) is 6.66. The molecular formula is C20H22Cl2N4O2. The lowest BCUT2D eigenvalue weighted by atomic mass is 10.1. The maximum Gasteiger partial charge on any atom is 0.250 e. The van der Waals surface area contributed by atoms with Gasteiger partial charge in [0.2, 0.25) is 5.91 Å². The lowest BCUT2D eigenvalue weighted by molar-refractivity contribution is -0.111. The van der Waals surface area contributed by atoms with E-state index in [1.165, 1.54) is 6.08 Å². The topological polar surface area (TPSA) is 80.5 Å². The van der Waals surface area contributed by atoms with E-state index in [4.69, 9.17) is 33.7 Å². The fraction of sp³-hybridized carbons (Fsp3) is 0.300. The molecule has 1 aliphatic heterocycles. The predicted octanol–water partition coefficient (Wildman–Crippen LogP) is 4.24. The number of pyridine rings is 1. The number of nitrogens with zero attached hydrogens (tertiary/aromatic N) is 2. The summed E-state index contributed by atoms with van der Waals surface area (Å²) in [7, 11) is 0. The van der Waals surface area contributed by atoms with Crippen molar-refractivity contribution in [2.75, 3.05) is 23.3 Å². The number of carbonyl (C=O) groups is 1. The van der Waals surface area contributed by atoms with Crippen LogP contribution in [0.1, 0.15) is 19.8 Å². The van der Waals surface area contributed by atoms with Crippen molar-refractivity contribution in [2.45, 2.75) is 25.9 Å². The molecule has 0 radical (unpaired) electrons. The number of nitrogens with two attached hydrogens (primary N) is 1. The van der Waals surface area contributed by atoms with Crippen LogP contribution in [0.4, 0.5) is 11.4 Å². The van der Waals surface area contributed by atoms with Crippen molar-refractivity contribution < 1.29 is 9.53 Å². The number of ether oxygens (including phenoxy) is 1. The SMILES string of the molecule is C/C(N)=C/C(=O)Nc1ccc(N2CCC(Oc3ccnc(Cl)c3)CC2)c(Cl)c1. The number of allylic oxidation sites excluding steroid dienone is 1. The van der Waals surface area contributed by atoms with Crippen LogP contribution in [0.25, 0.3) is 0 Å². The highest BCUT2D eigenvalue weighted by molar-refractivity contribution is 6.33. The average molecular weight is 421 g/mol. The fourth-order valence-electron chi connectivity index (χ4n) is 3.09. The Balaban J connectivity index is 1.58. The van der Waals surface area contributed by atoms with Crippen LogP contribution in [0.2, 0.25) is 10.2 Å². The fourth-order valence-corrected chi connectivity index (χ4v) is 3.56. The van der Waals surface area contributed by atoms with E-state index in [0.29, 0.717) is 21.6 Å². The second-order valence-corrected chi connectivity index (χ2v) is 7.46. The molecule has 0 unspecified atom stereocenters. The van der Waals surface area contributed by atoms with Crippen molar-refractivity contribution in [3.63, 3.8) is 0 Å². The Morgan fingerprint density at radius 3 is 2.68 bits per heavy atom. The summed E-state index contributed by atoms with van der Waals surface area (Å²) < 4.78 is 6.00. The van der Waals surface area contributed by atoms with Gasteiger partial charge in [0.05, 0.1) is 10.7 Å². The van der Waals surface area contributed by atoms with Gasteiger partial charge in [-0.3, -0.25) is 4.79 Å². The van der Waals surface area contributed by atoms with Crippen molar-refractivity contribution in [3.05, 3.63) is 58.5 Å². The molecule has 3 N–H and O–H groups in total. The molecule has 1 fully saturated rings. The van der Waals surface area contributed by atoms with Gasteiger partial charge in [-0.25, -0.2) is 4.98 Å². The predicted molar refractivity (Wildman–Crippen MR) is 113 cm³/mol. The molecule has 0 atom stereocenters. The minimum Gasteiger partial charge on any atom is -0.490 e. The number of hydrogen-bond donors (Lipinski definition) is 2. The van der Waals surface area contributed by atoms with Crippen LogP contribution in [0.3, 0.4) is 0 Å². The van der Waals surface area contributed by atoms with Crippen molar-refractivity contribution in [2.24, 2.45) is 5.73 Å². The molecule has 8 heteroatoms. The van der Waals surface area contributed by atoms with Crippen molar-refractivity contribution in [1.29, 1.82) is 0 Å². The first kappa shape index (κ1) is 20.3. The van der Waals surface area contributed by atoms with Gasteiger partial charge in [0.1, 0.15) is 17.0 Å². The van der Waals surface area contributed by atoms with Crippen LogP contribution in [0.5, 0.6) is 5.75 Å². The summed E-state index contributed by atoms with van der Waals surface area (Å²) >= 11 is 12.4. The first-order valence-electron chi connectivity index (χ1n) is 8.98. The van der Waals surface area contributed by atoms with Gasteiger partial charge in [-0.2, -0.15) is 0 Å². The quantitative estimate of drug-likeness (QED) is 0.558. The largest absolute Gasteiger partial charge is 0.490 e. The van der Waals surface area contributed by atoms with Crippen LogP contribution >= 0.6 is 23.2 Å². The van der Waals surface area contributed by atoms with E-state index in [1.54, 1.807) is 25.3 Å². The first-order chi connectivity index (χ1) is 13.4. The minimum absolute atomic E-state index is 0.123. The summed E-state index contributed by atoms with van der Waals surface area (Å²) in [6.45, 7) is 3.31. The molecule has 2 heterocycles. The highest BCUT2D eigenvalue weighted by Crippen LogP contribution is 2.31. The lowest BCUT2D eigenvalue weighted by Crippen LogP contribution is -2.38. The van der Waals surface area contributed by atoms with Gasteiger partial charge < -0.3 is 20.7 Å². The first-order valence-corrected chi connectivity index (χ1v) is 9.74. The van der Waals surface area contributed by atoms with Gasteiger partial charge >= 0.3 is 0 Å². The van der Waals surface area contributed by atoms with Crippen LogP contribution in [-0.4, -0.2) is 30.1 Å². The van der Waals surface area contributed by atoms with Gasteiger partial charge in [-0.15, -0.1) is 0 Å². The number of carbonyl (C=O) groups excluding carboxylic acids is 1. The molecule has 0 aliphatic carbocycles. The van der Waals surface area contributed by atoms with Crippen LogP contribution in [-0.2, 0) is 4.79 Å². The summed E-state index contributed by atoms with van der Waals surface area (Å²) in [5, 5.41) is 3.76. The van der Waals surface area contributed by atoms with E-state index in [0.717, 1.165) is 37.4 Å². The molecule has 28 heavy (non-hydrogen) atoms. The van der Waals surface area contributed by atoms with Crippen molar-refractivity contribution in [1.82, 2.24) is 4.98 Å². The zero-order valence-corrected chi connectivity index (χ0v) is 17.0. The number of piperidine rings is 1. The summed E-state index contributed by atoms with van der Waals surface area (Å²) in [4.78, 5) is 18.0. The standard InChI is InChI=1S/C20H22Cl2N4O2/c1-13(23)10-20(27)25-14-2-3-18(17(21)11-14)26-8-5-15(6-9-26)28-16-4-7-24-19(22)12-16/h2-4,7,10-12,15H,5-6,8-9,23H2,1H3,(H,25,27)/b13-10-. The molecule has 1 aromatic carbocycles. The Morgan fingerprint density at radius 1 is 1.29 bits per heavy atom. The molecular weight excluding hydrogens is 399 g/mol. The number of nitrogens with one attached hydrogen (secondary N) is 1. The zero-order valence-electron chi connectivity index (χ0n) is 15.5. The van der Waals surface area contributed by atoms with E-state index in [9.17, 15) is 4.79 Å². The molecule has 0 spiro atoms. The van der Waals surface area contributed by atoms with Gasteiger partial charge in [0.25, 0.3) is 0 Å². The number of rotatable bonds is 5. The Hall–Kier alpha value is -2.44. The van der Waals surface area contributed by atoms with Crippen LogP contribution in [0.15, 0.2) is 48.3 Å². The monoisotopic (exact) mass is 420 g/mol. The van der Waals surface area contributed by atoms with Gasteiger partial charge in [-0.05, 0) is 31.2 Å². The third-order valence-corrected chi connectivity index (χ3v) is 4.87. The number of anilines is 2. The molecule has 1 amide bonds. The van der Waals surface area contributed by atoms with Crippen LogP contribution in [0, 0.1) is 0 Å². The number of hydrogen-bond acceptors (Lipinski definition) is 5. The van der Waals surface area contributed by atoms with Crippen LogP contribution < -0.4 is 20.7 Å². The highest BCUT2D eigenvalue weighted by Gasteiger charge is 2.22. The second kappa shape index (κ2) is 9.17. The molecule has 2 aromatic rings. The molecule has 1 saturated heterocycles. The normalized spacial score (nSPS) is 15.4. The zero-order chi connectivity index (χ0) is 20.1. The Kier molecular flexibility index (Phi) is 6.65. The summed E-state index contributed by atoms with van der Waals surface area (Å²) in [6, 6.07) is 9.03. The van der Waals surface area contributed by atoms with Crippen molar-refractivity contribution >= 4 is 40.5 Å². The molecule has 3 rings (SSSR count). The van der Waals surface area contributed by atoms with E-state index >= 15 is 0 Å². The molecule has 1 aromatic heterocycles. The summed E-state index contributed by atoms with van der Waals surface area (Å²) in [5.41, 5.74) is 7.53. The van der Waals surface area contributed by atoms with Crippen molar-refractivity contribution in [3.8, 4) is 5.75 Å².